The van der Waals surface area contributed by atoms with E-state index >= 15 is 0 Å². The summed E-state index contributed by atoms with van der Waals surface area (Å²) in [5.74, 6) is 1.16. The normalized spacial score (nSPS) is 10.3. The second-order valence-corrected chi connectivity index (χ2v) is 4.44. The van der Waals surface area contributed by atoms with Gasteiger partial charge in [0.25, 0.3) is 0 Å². The van der Waals surface area contributed by atoms with E-state index in [1.54, 1.807) is 4.90 Å². The van der Waals surface area contributed by atoms with E-state index in [0.717, 1.165) is 13.1 Å². The molecule has 0 radical (unpaired) electrons. The van der Waals surface area contributed by atoms with E-state index in [4.69, 9.17) is 5.73 Å². The summed E-state index contributed by atoms with van der Waals surface area (Å²) in [6, 6.07) is 0. The van der Waals surface area contributed by atoms with Gasteiger partial charge in [0.2, 0.25) is 23.8 Å². The molecule has 1 aromatic rings. The number of nitrogens with zero attached hydrogens (tertiary/aromatic N) is 5. The highest BCUT2D eigenvalue weighted by Gasteiger charge is 2.16. The maximum Gasteiger partial charge on any atom is 0.237 e. The van der Waals surface area contributed by atoms with Gasteiger partial charge in [0.1, 0.15) is 0 Å². The highest BCUT2D eigenvalue weighted by Crippen LogP contribution is 2.16. The molecular formula is C13H25N7O. The molecule has 0 bridgehead atoms. The lowest BCUT2D eigenvalue weighted by Crippen LogP contribution is -2.35. The first-order valence-electron chi connectivity index (χ1n) is 7.33. The van der Waals surface area contributed by atoms with Crippen LogP contribution in [0.3, 0.4) is 0 Å². The van der Waals surface area contributed by atoms with Gasteiger partial charge in [-0.1, -0.05) is 0 Å². The standard InChI is InChI=1S/C13H25N7O/c1-5-15-11-16-12(19(6-2)7-3)18-13(17-11)20(8-4)9-10(14)21/h5-9H2,1-4H3,(H2,14,21)(H,15,16,17,18). The Hall–Kier alpha value is -2.12. The average molecular weight is 295 g/mol. The molecule has 8 nitrogen and oxygen atoms in total. The zero-order valence-electron chi connectivity index (χ0n) is 13.3. The quantitative estimate of drug-likeness (QED) is 0.682. The van der Waals surface area contributed by atoms with Gasteiger partial charge in [0.15, 0.2) is 0 Å². The number of nitrogens with one attached hydrogen (secondary N) is 1. The first-order valence-corrected chi connectivity index (χ1v) is 7.33. The number of hydrogen-bond acceptors (Lipinski definition) is 7. The summed E-state index contributed by atoms with van der Waals surface area (Å²) in [6.45, 7) is 11.0. The number of carbonyl (C=O) groups is 1. The lowest BCUT2D eigenvalue weighted by Gasteiger charge is -2.23. The zero-order chi connectivity index (χ0) is 15.8. The molecule has 0 fully saturated rings. The molecule has 1 heterocycles. The number of rotatable bonds is 9. The van der Waals surface area contributed by atoms with Crippen molar-refractivity contribution < 1.29 is 4.79 Å². The van der Waals surface area contributed by atoms with Gasteiger partial charge < -0.3 is 20.9 Å². The number of aromatic nitrogens is 3. The molecule has 0 atom stereocenters. The molecule has 0 saturated carbocycles. The average Bonchev–Trinajstić information content (AvgIpc) is 2.46. The predicted molar refractivity (Wildman–Crippen MR) is 84.6 cm³/mol. The Labute approximate surface area is 125 Å². The summed E-state index contributed by atoms with van der Waals surface area (Å²) in [5, 5.41) is 3.09. The van der Waals surface area contributed by atoms with Gasteiger partial charge in [0.05, 0.1) is 6.54 Å². The van der Waals surface area contributed by atoms with Gasteiger partial charge in [-0.3, -0.25) is 4.79 Å². The number of amides is 1. The third-order valence-corrected chi connectivity index (χ3v) is 3.00. The summed E-state index contributed by atoms with van der Waals surface area (Å²) in [4.78, 5) is 28.2. The van der Waals surface area contributed by atoms with Gasteiger partial charge >= 0.3 is 0 Å². The fourth-order valence-corrected chi connectivity index (χ4v) is 1.89. The van der Waals surface area contributed by atoms with E-state index in [0.29, 0.717) is 30.9 Å². The van der Waals surface area contributed by atoms with E-state index in [1.807, 2.05) is 32.6 Å². The molecule has 3 N–H and O–H groups in total. The number of anilines is 3. The third kappa shape index (κ3) is 4.73. The molecule has 0 aromatic carbocycles. The van der Waals surface area contributed by atoms with E-state index in [1.165, 1.54) is 0 Å². The Morgan fingerprint density at radius 1 is 1.00 bits per heavy atom. The minimum Gasteiger partial charge on any atom is -0.368 e. The summed E-state index contributed by atoms with van der Waals surface area (Å²) >= 11 is 0. The van der Waals surface area contributed by atoms with Crippen molar-refractivity contribution in [1.82, 2.24) is 15.0 Å². The number of primary amides is 1. The molecule has 1 amide bonds. The molecule has 0 spiro atoms. The highest BCUT2D eigenvalue weighted by molar-refractivity contribution is 5.78. The molecule has 0 aliphatic heterocycles. The Morgan fingerprint density at radius 3 is 1.95 bits per heavy atom. The van der Waals surface area contributed by atoms with Crippen molar-refractivity contribution in [2.75, 3.05) is 47.8 Å². The third-order valence-electron chi connectivity index (χ3n) is 3.00. The van der Waals surface area contributed by atoms with Crippen molar-refractivity contribution in [2.24, 2.45) is 5.73 Å². The molecule has 0 aliphatic rings. The second kappa shape index (κ2) is 8.23. The van der Waals surface area contributed by atoms with Crippen molar-refractivity contribution >= 4 is 23.8 Å². The van der Waals surface area contributed by atoms with Gasteiger partial charge in [0, 0.05) is 26.2 Å². The SMILES string of the molecule is CCNc1nc(N(CC)CC)nc(N(CC)CC(N)=O)n1. The molecule has 21 heavy (non-hydrogen) atoms. The van der Waals surface area contributed by atoms with Gasteiger partial charge in [-0.2, -0.15) is 15.0 Å². The van der Waals surface area contributed by atoms with Crippen LogP contribution < -0.4 is 20.9 Å². The summed E-state index contributed by atoms with van der Waals surface area (Å²) in [6.07, 6.45) is 0. The van der Waals surface area contributed by atoms with Crippen LogP contribution in [0.15, 0.2) is 0 Å². The number of likely N-dealkylation sites (N-methyl/N-ethyl adjacent to an activating group) is 1. The van der Waals surface area contributed by atoms with Crippen molar-refractivity contribution in [3.8, 4) is 0 Å². The molecule has 0 aliphatic carbocycles. The van der Waals surface area contributed by atoms with Crippen LogP contribution in [0.25, 0.3) is 0 Å². The van der Waals surface area contributed by atoms with E-state index in [-0.39, 0.29) is 6.54 Å². The predicted octanol–water partition coefficient (Wildman–Crippen LogP) is 0.461. The van der Waals surface area contributed by atoms with Crippen molar-refractivity contribution in [2.45, 2.75) is 27.7 Å². The lowest BCUT2D eigenvalue weighted by atomic mass is 10.5. The van der Waals surface area contributed by atoms with E-state index < -0.39 is 5.91 Å². The highest BCUT2D eigenvalue weighted by atomic mass is 16.1. The van der Waals surface area contributed by atoms with Gasteiger partial charge in [-0.05, 0) is 27.7 Å². The molecular weight excluding hydrogens is 270 g/mol. The van der Waals surface area contributed by atoms with E-state index in [2.05, 4.69) is 20.3 Å². The van der Waals surface area contributed by atoms with Crippen molar-refractivity contribution in [3.63, 3.8) is 0 Å². The number of hydrogen-bond donors (Lipinski definition) is 2. The van der Waals surface area contributed by atoms with Crippen LogP contribution in [0.5, 0.6) is 0 Å². The summed E-state index contributed by atoms with van der Waals surface area (Å²) < 4.78 is 0. The minimum atomic E-state index is -0.411. The molecule has 1 rings (SSSR count). The molecule has 1 aromatic heterocycles. The molecule has 118 valence electrons. The fraction of sp³-hybridized carbons (Fsp3) is 0.692. The Bertz CT molecular complexity index is 462. The fourth-order valence-electron chi connectivity index (χ4n) is 1.89. The second-order valence-electron chi connectivity index (χ2n) is 4.44. The van der Waals surface area contributed by atoms with Gasteiger partial charge in [-0.15, -0.1) is 0 Å². The van der Waals surface area contributed by atoms with Crippen LogP contribution in [0.4, 0.5) is 17.8 Å². The monoisotopic (exact) mass is 295 g/mol. The van der Waals surface area contributed by atoms with Crippen LogP contribution in [-0.4, -0.2) is 53.6 Å². The Morgan fingerprint density at radius 2 is 1.52 bits per heavy atom. The lowest BCUT2D eigenvalue weighted by molar-refractivity contribution is -0.116. The van der Waals surface area contributed by atoms with E-state index in [9.17, 15) is 4.79 Å². The maximum absolute atomic E-state index is 11.2. The van der Waals surface area contributed by atoms with Crippen LogP contribution in [0.2, 0.25) is 0 Å². The smallest absolute Gasteiger partial charge is 0.237 e. The van der Waals surface area contributed by atoms with Crippen LogP contribution in [-0.2, 0) is 4.79 Å². The molecule has 0 saturated heterocycles. The van der Waals surface area contributed by atoms with Crippen LogP contribution >= 0.6 is 0 Å². The minimum absolute atomic E-state index is 0.0871. The summed E-state index contributed by atoms with van der Waals surface area (Å²) in [7, 11) is 0. The first kappa shape index (κ1) is 16.9. The Balaban J connectivity index is 3.19. The molecule has 8 heteroatoms. The van der Waals surface area contributed by atoms with Crippen molar-refractivity contribution in [1.29, 1.82) is 0 Å². The van der Waals surface area contributed by atoms with Gasteiger partial charge in [-0.25, -0.2) is 0 Å². The zero-order valence-corrected chi connectivity index (χ0v) is 13.3. The topological polar surface area (TPSA) is 100 Å². The van der Waals surface area contributed by atoms with Crippen LogP contribution in [0.1, 0.15) is 27.7 Å². The summed E-state index contributed by atoms with van der Waals surface area (Å²) in [5.41, 5.74) is 5.28. The van der Waals surface area contributed by atoms with Crippen molar-refractivity contribution in [3.05, 3.63) is 0 Å². The Kier molecular flexibility index (Phi) is 6.64. The number of carbonyl (C=O) groups excluding carboxylic acids is 1. The number of nitrogens with two attached hydrogens (primary N) is 1. The first-order chi connectivity index (χ1) is 10.0. The maximum atomic E-state index is 11.2. The molecule has 0 unspecified atom stereocenters. The largest absolute Gasteiger partial charge is 0.368 e. The van der Waals surface area contributed by atoms with Crippen LogP contribution in [0, 0.1) is 0 Å².